The fourth-order valence-electron chi connectivity index (χ4n) is 2.37. The molecule has 1 unspecified atom stereocenters. The summed E-state index contributed by atoms with van der Waals surface area (Å²) in [6.07, 6.45) is 1.49. The SMILES string of the molecule is CC(C)(C)NC(=O)C1(C(=O)NC2CCS(=O)(=O)C2)CC1. The highest BCUT2D eigenvalue weighted by Crippen LogP contribution is 2.46. The Hall–Kier alpha value is -1.11. The normalized spacial score (nSPS) is 26.9. The second-order valence-electron chi connectivity index (χ2n) is 6.86. The van der Waals surface area contributed by atoms with Crippen LogP contribution in [-0.4, -0.2) is 43.3 Å². The van der Waals surface area contributed by atoms with Gasteiger partial charge in [0.1, 0.15) is 5.41 Å². The zero-order valence-electron chi connectivity index (χ0n) is 12.2. The van der Waals surface area contributed by atoms with Gasteiger partial charge in [0.2, 0.25) is 11.8 Å². The molecule has 2 rings (SSSR count). The molecule has 0 aromatic heterocycles. The Labute approximate surface area is 119 Å². The van der Waals surface area contributed by atoms with Crippen LogP contribution >= 0.6 is 0 Å². The lowest BCUT2D eigenvalue weighted by molar-refractivity contribution is -0.138. The van der Waals surface area contributed by atoms with Gasteiger partial charge in [0.05, 0.1) is 11.5 Å². The molecule has 0 aromatic rings. The van der Waals surface area contributed by atoms with Crippen molar-refractivity contribution in [2.24, 2.45) is 5.41 Å². The van der Waals surface area contributed by atoms with Gasteiger partial charge in [0.25, 0.3) is 0 Å². The summed E-state index contributed by atoms with van der Waals surface area (Å²) in [7, 11) is -3.03. The van der Waals surface area contributed by atoms with Crippen molar-refractivity contribution in [2.45, 2.75) is 51.6 Å². The highest BCUT2D eigenvalue weighted by Gasteiger charge is 2.57. The van der Waals surface area contributed by atoms with E-state index in [1.165, 1.54) is 0 Å². The molecule has 114 valence electrons. The van der Waals surface area contributed by atoms with Crippen molar-refractivity contribution in [2.75, 3.05) is 11.5 Å². The monoisotopic (exact) mass is 302 g/mol. The third-order valence-electron chi connectivity index (χ3n) is 3.68. The van der Waals surface area contributed by atoms with E-state index in [2.05, 4.69) is 10.6 Å². The van der Waals surface area contributed by atoms with Gasteiger partial charge in [-0.05, 0) is 40.0 Å². The number of nitrogens with one attached hydrogen (secondary N) is 2. The van der Waals surface area contributed by atoms with Gasteiger partial charge in [-0.15, -0.1) is 0 Å². The van der Waals surface area contributed by atoms with Crippen molar-refractivity contribution in [3.63, 3.8) is 0 Å². The summed E-state index contributed by atoms with van der Waals surface area (Å²) >= 11 is 0. The maximum Gasteiger partial charge on any atom is 0.236 e. The quantitative estimate of drug-likeness (QED) is 0.717. The fourth-order valence-corrected chi connectivity index (χ4v) is 4.05. The molecule has 0 radical (unpaired) electrons. The lowest BCUT2D eigenvalue weighted by Crippen LogP contribution is -2.51. The van der Waals surface area contributed by atoms with Gasteiger partial charge in [0.15, 0.2) is 9.84 Å². The van der Waals surface area contributed by atoms with Gasteiger partial charge in [-0.25, -0.2) is 8.42 Å². The number of amides is 2. The largest absolute Gasteiger partial charge is 0.351 e. The smallest absolute Gasteiger partial charge is 0.236 e. The van der Waals surface area contributed by atoms with Gasteiger partial charge in [0, 0.05) is 11.6 Å². The zero-order valence-corrected chi connectivity index (χ0v) is 13.0. The molecule has 1 aliphatic heterocycles. The van der Waals surface area contributed by atoms with E-state index in [4.69, 9.17) is 0 Å². The van der Waals surface area contributed by atoms with Crippen molar-refractivity contribution < 1.29 is 18.0 Å². The highest BCUT2D eigenvalue weighted by molar-refractivity contribution is 7.91. The van der Waals surface area contributed by atoms with Crippen LogP contribution in [0.25, 0.3) is 0 Å². The minimum absolute atomic E-state index is 0.0181. The number of carbonyl (C=O) groups excluding carboxylic acids is 2. The van der Waals surface area contributed by atoms with Crippen LogP contribution < -0.4 is 10.6 Å². The van der Waals surface area contributed by atoms with E-state index in [0.717, 1.165) is 0 Å². The van der Waals surface area contributed by atoms with E-state index >= 15 is 0 Å². The first-order valence-corrected chi connectivity index (χ1v) is 8.70. The summed E-state index contributed by atoms with van der Waals surface area (Å²) in [5.74, 6) is -0.501. The highest BCUT2D eigenvalue weighted by atomic mass is 32.2. The van der Waals surface area contributed by atoms with Crippen molar-refractivity contribution in [1.82, 2.24) is 10.6 Å². The lowest BCUT2D eigenvalue weighted by Gasteiger charge is -2.25. The molecule has 2 aliphatic rings. The molecule has 1 saturated heterocycles. The van der Waals surface area contributed by atoms with Gasteiger partial charge >= 0.3 is 0 Å². The molecule has 1 saturated carbocycles. The van der Waals surface area contributed by atoms with Gasteiger partial charge in [-0.1, -0.05) is 0 Å². The molecule has 0 spiro atoms. The molecule has 2 N–H and O–H groups in total. The predicted octanol–water partition coefficient (Wildman–Crippen LogP) is -0.0154. The van der Waals surface area contributed by atoms with Crippen molar-refractivity contribution in [1.29, 1.82) is 0 Å². The first-order chi connectivity index (χ1) is 9.04. The number of carbonyl (C=O) groups is 2. The molecule has 2 amide bonds. The summed E-state index contributed by atoms with van der Waals surface area (Å²) in [4.78, 5) is 24.5. The number of sulfone groups is 1. The Kier molecular flexibility index (Phi) is 3.60. The molecule has 20 heavy (non-hydrogen) atoms. The minimum Gasteiger partial charge on any atom is -0.351 e. The van der Waals surface area contributed by atoms with E-state index in [1.807, 2.05) is 20.8 Å². The fraction of sp³-hybridized carbons (Fsp3) is 0.846. The zero-order chi connectivity index (χ0) is 15.2. The van der Waals surface area contributed by atoms with Gasteiger partial charge in [-0.2, -0.15) is 0 Å². The number of rotatable bonds is 3. The second-order valence-corrected chi connectivity index (χ2v) is 9.09. The number of hydrogen-bond acceptors (Lipinski definition) is 4. The first kappa shape index (κ1) is 15.3. The Bertz CT molecular complexity index is 529. The molecule has 1 heterocycles. The van der Waals surface area contributed by atoms with Crippen molar-refractivity contribution in [3.8, 4) is 0 Å². The van der Waals surface area contributed by atoms with E-state index in [0.29, 0.717) is 19.3 Å². The lowest BCUT2D eigenvalue weighted by atomic mass is 10.0. The van der Waals surface area contributed by atoms with Crippen LogP contribution in [0.2, 0.25) is 0 Å². The van der Waals surface area contributed by atoms with Crippen LogP contribution in [0.4, 0.5) is 0 Å². The van der Waals surface area contributed by atoms with E-state index in [1.54, 1.807) is 0 Å². The molecular weight excluding hydrogens is 280 g/mol. The van der Waals surface area contributed by atoms with Crippen LogP contribution in [0.15, 0.2) is 0 Å². The van der Waals surface area contributed by atoms with Crippen LogP contribution in [0.5, 0.6) is 0 Å². The third-order valence-corrected chi connectivity index (χ3v) is 5.44. The Balaban J connectivity index is 1.97. The molecule has 7 heteroatoms. The second kappa shape index (κ2) is 4.72. The summed E-state index contributed by atoms with van der Waals surface area (Å²) < 4.78 is 22.8. The average molecular weight is 302 g/mol. The van der Waals surface area contributed by atoms with Crippen LogP contribution in [0.3, 0.4) is 0 Å². The predicted molar refractivity (Wildman–Crippen MR) is 74.8 cm³/mol. The maximum atomic E-state index is 12.3. The average Bonchev–Trinajstić information content (AvgIpc) is 2.98. The molecule has 1 atom stereocenters. The van der Waals surface area contributed by atoms with Gasteiger partial charge < -0.3 is 10.6 Å². The topological polar surface area (TPSA) is 92.3 Å². The standard InChI is InChI=1S/C13H22N2O4S/c1-12(2,3)15-11(17)13(5-6-13)10(16)14-9-4-7-20(18,19)8-9/h9H,4-8H2,1-3H3,(H,14,16)(H,15,17). The van der Waals surface area contributed by atoms with Crippen molar-refractivity contribution in [3.05, 3.63) is 0 Å². The minimum atomic E-state index is -3.03. The van der Waals surface area contributed by atoms with Crippen LogP contribution in [0, 0.1) is 5.41 Å². The van der Waals surface area contributed by atoms with E-state index in [9.17, 15) is 18.0 Å². The summed E-state index contributed by atoms with van der Waals surface area (Å²) in [6, 6.07) is -0.354. The Morgan fingerprint density at radius 3 is 2.15 bits per heavy atom. The van der Waals surface area contributed by atoms with Crippen LogP contribution in [0.1, 0.15) is 40.0 Å². The van der Waals surface area contributed by atoms with Crippen molar-refractivity contribution >= 4 is 21.7 Å². The Morgan fingerprint density at radius 1 is 1.15 bits per heavy atom. The molecule has 0 bridgehead atoms. The van der Waals surface area contributed by atoms with Gasteiger partial charge in [-0.3, -0.25) is 9.59 Å². The summed E-state index contributed by atoms with van der Waals surface area (Å²) in [6.45, 7) is 5.59. The van der Waals surface area contributed by atoms with E-state index < -0.39 is 15.3 Å². The van der Waals surface area contributed by atoms with Crippen LogP contribution in [-0.2, 0) is 19.4 Å². The molecular formula is C13H22N2O4S. The molecule has 1 aliphatic carbocycles. The first-order valence-electron chi connectivity index (χ1n) is 6.88. The molecule has 6 nitrogen and oxygen atoms in total. The number of hydrogen-bond donors (Lipinski definition) is 2. The maximum absolute atomic E-state index is 12.3. The Morgan fingerprint density at radius 2 is 1.75 bits per heavy atom. The summed E-state index contributed by atoms with van der Waals surface area (Å²) in [5.41, 5.74) is -1.37. The summed E-state index contributed by atoms with van der Waals surface area (Å²) in [5, 5.41) is 5.55. The third kappa shape index (κ3) is 3.31. The molecule has 0 aromatic carbocycles. The van der Waals surface area contributed by atoms with E-state index in [-0.39, 0.29) is 34.9 Å². The molecule has 2 fully saturated rings.